The summed E-state index contributed by atoms with van der Waals surface area (Å²) < 4.78 is 0. The summed E-state index contributed by atoms with van der Waals surface area (Å²) in [5.41, 5.74) is 6.70. The van der Waals surface area contributed by atoms with Crippen LogP contribution < -0.4 is 11.1 Å². The van der Waals surface area contributed by atoms with Crippen molar-refractivity contribution in [3.8, 4) is 0 Å². The summed E-state index contributed by atoms with van der Waals surface area (Å²) in [4.78, 5) is 25.9. The molecule has 0 aromatic rings. The van der Waals surface area contributed by atoms with Gasteiger partial charge in [0, 0.05) is 11.1 Å². The maximum atomic E-state index is 11.3. The van der Waals surface area contributed by atoms with Gasteiger partial charge in [-0.15, -0.1) is 0 Å². The molecule has 2 amide bonds. The van der Waals surface area contributed by atoms with E-state index in [1.165, 1.54) is 0 Å². The summed E-state index contributed by atoms with van der Waals surface area (Å²) in [5.74, 6) is -0.369. The zero-order valence-corrected chi connectivity index (χ0v) is 7.13. The maximum Gasteiger partial charge on any atom is 0.252 e. The van der Waals surface area contributed by atoms with Crippen LogP contribution in [0.1, 0.15) is 13.3 Å². The van der Waals surface area contributed by atoms with Crippen LogP contribution in [0.2, 0.25) is 0 Å². The molecule has 0 aromatic heterocycles. The summed E-state index contributed by atoms with van der Waals surface area (Å²) in [6, 6.07) is -0.126. The third-order valence-corrected chi connectivity index (χ3v) is 2.23. The molecule has 0 saturated carbocycles. The first-order chi connectivity index (χ1) is 6.09. The van der Waals surface area contributed by atoms with Gasteiger partial charge in [-0.1, -0.05) is 0 Å². The van der Waals surface area contributed by atoms with Crippen molar-refractivity contribution in [1.29, 1.82) is 0 Å². The fraction of sp³-hybridized carbons (Fsp3) is 0.375. The summed E-state index contributed by atoms with van der Waals surface area (Å²) in [7, 11) is 0. The Hall–Kier alpha value is -1.65. The molecule has 5 heteroatoms. The molecule has 2 heterocycles. The monoisotopic (exact) mass is 179 g/mol. The third-order valence-electron chi connectivity index (χ3n) is 2.23. The number of nitrogens with one attached hydrogen (secondary N) is 1. The topological polar surface area (TPSA) is 84.6 Å². The second kappa shape index (κ2) is 2.42. The number of carbonyl (C=O) groups is 2. The van der Waals surface area contributed by atoms with E-state index in [0.29, 0.717) is 11.1 Å². The van der Waals surface area contributed by atoms with Gasteiger partial charge in [0.05, 0.1) is 12.5 Å². The number of amides is 2. The Bertz CT molecular complexity index is 368. The molecule has 0 fully saturated rings. The fourth-order valence-corrected chi connectivity index (χ4v) is 1.68. The Morgan fingerprint density at radius 2 is 2.23 bits per heavy atom. The fourth-order valence-electron chi connectivity index (χ4n) is 1.68. The first-order valence-electron chi connectivity index (χ1n) is 4.01. The van der Waals surface area contributed by atoms with Crippen LogP contribution in [0.15, 0.2) is 16.1 Å². The van der Waals surface area contributed by atoms with Gasteiger partial charge in [-0.05, 0) is 6.92 Å². The minimum absolute atomic E-state index is 0.0756. The minimum atomic E-state index is -0.347. The smallest absolute Gasteiger partial charge is 0.252 e. The van der Waals surface area contributed by atoms with Crippen molar-refractivity contribution in [1.82, 2.24) is 5.32 Å². The van der Waals surface area contributed by atoms with Crippen LogP contribution in [0.25, 0.3) is 0 Å². The highest BCUT2D eigenvalue weighted by atomic mass is 16.2. The van der Waals surface area contributed by atoms with E-state index in [2.05, 4.69) is 10.3 Å². The van der Waals surface area contributed by atoms with Gasteiger partial charge in [-0.3, -0.25) is 9.59 Å². The molecule has 3 N–H and O–H groups in total. The van der Waals surface area contributed by atoms with E-state index in [0.717, 1.165) is 0 Å². The molecule has 13 heavy (non-hydrogen) atoms. The van der Waals surface area contributed by atoms with Gasteiger partial charge in [0.15, 0.2) is 0 Å². The summed E-state index contributed by atoms with van der Waals surface area (Å²) in [5, 5.41) is 2.68. The summed E-state index contributed by atoms with van der Waals surface area (Å²) >= 11 is 0. The van der Waals surface area contributed by atoms with Crippen LogP contribution in [-0.4, -0.2) is 23.7 Å². The van der Waals surface area contributed by atoms with Crippen molar-refractivity contribution in [2.45, 2.75) is 19.4 Å². The van der Waals surface area contributed by atoms with Gasteiger partial charge in [0.25, 0.3) is 5.91 Å². The minimum Gasteiger partial charge on any atom is -0.383 e. The second-order valence-corrected chi connectivity index (χ2v) is 3.15. The highest BCUT2D eigenvalue weighted by Crippen LogP contribution is 2.23. The van der Waals surface area contributed by atoms with E-state index in [-0.39, 0.29) is 30.1 Å². The molecule has 0 aliphatic carbocycles. The predicted molar refractivity (Wildman–Crippen MR) is 45.9 cm³/mol. The van der Waals surface area contributed by atoms with Crippen molar-refractivity contribution in [2.75, 3.05) is 0 Å². The SMILES string of the molecule is C[C@@H]1NC(=O)C2=C1C(N)=NC(=O)C2. The molecular formula is C8H9N3O2. The Labute approximate surface area is 74.7 Å². The van der Waals surface area contributed by atoms with E-state index >= 15 is 0 Å². The van der Waals surface area contributed by atoms with E-state index in [1.807, 2.05) is 6.92 Å². The largest absolute Gasteiger partial charge is 0.383 e. The number of amidine groups is 1. The number of hydrogen-bond donors (Lipinski definition) is 2. The molecule has 0 aromatic carbocycles. The molecular weight excluding hydrogens is 170 g/mol. The van der Waals surface area contributed by atoms with Gasteiger partial charge < -0.3 is 11.1 Å². The molecule has 0 bridgehead atoms. The average Bonchev–Trinajstić information content (AvgIpc) is 2.27. The van der Waals surface area contributed by atoms with E-state index in [4.69, 9.17) is 5.73 Å². The Morgan fingerprint density at radius 3 is 2.92 bits per heavy atom. The van der Waals surface area contributed by atoms with Gasteiger partial charge in [-0.2, -0.15) is 4.99 Å². The number of aliphatic imine (C=N–C) groups is 1. The molecule has 0 radical (unpaired) electrons. The van der Waals surface area contributed by atoms with E-state index in [9.17, 15) is 9.59 Å². The van der Waals surface area contributed by atoms with Crippen molar-refractivity contribution >= 4 is 17.6 Å². The highest BCUT2D eigenvalue weighted by Gasteiger charge is 2.34. The number of dihydropyridines is 1. The molecule has 5 nitrogen and oxygen atoms in total. The summed E-state index contributed by atoms with van der Waals surface area (Å²) in [6.45, 7) is 1.82. The Morgan fingerprint density at radius 1 is 1.54 bits per heavy atom. The lowest BCUT2D eigenvalue weighted by atomic mass is 10.00. The van der Waals surface area contributed by atoms with Crippen LogP contribution in [0, 0.1) is 0 Å². The van der Waals surface area contributed by atoms with Crippen molar-refractivity contribution in [3.63, 3.8) is 0 Å². The number of nitrogens with zero attached hydrogens (tertiary/aromatic N) is 1. The molecule has 2 rings (SSSR count). The number of carbonyl (C=O) groups excluding carboxylic acids is 2. The van der Waals surface area contributed by atoms with Crippen LogP contribution in [0.3, 0.4) is 0 Å². The lowest BCUT2D eigenvalue weighted by Crippen LogP contribution is -2.30. The molecule has 0 spiro atoms. The quantitative estimate of drug-likeness (QED) is 0.504. The van der Waals surface area contributed by atoms with Crippen LogP contribution >= 0.6 is 0 Å². The first kappa shape index (κ1) is 7.97. The molecule has 68 valence electrons. The molecule has 0 unspecified atom stereocenters. The first-order valence-corrected chi connectivity index (χ1v) is 4.01. The normalized spacial score (nSPS) is 27.2. The van der Waals surface area contributed by atoms with Crippen molar-refractivity contribution in [3.05, 3.63) is 11.1 Å². The lowest BCUT2D eigenvalue weighted by Gasteiger charge is -2.11. The maximum absolute atomic E-state index is 11.3. The van der Waals surface area contributed by atoms with E-state index < -0.39 is 0 Å². The Balaban J connectivity index is 2.51. The van der Waals surface area contributed by atoms with Gasteiger partial charge in [0.1, 0.15) is 5.84 Å². The van der Waals surface area contributed by atoms with Crippen LogP contribution in [-0.2, 0) is 9.59 Å². The molecule has 2 aliphatic rings. The third kappa shape index (κ3) is 1.04. The van der Waals surface area contributed by atoms with Gasteiger partial charge in [0.2, 0.25) is 5.91 Å². The summed E-state index contributed by atoms with van der Waals surface area (Å²) in [6.07, 6.45) is 0.0756. The van der Waals surface area contributed by atoms with Crippen molar-refractivity contribution in [2.24, 2.45) is 10.7 Å². The zero-order chi connectivity index (χ0) is 9.59. The number of hydrogen-bond acceptors (Lipinski definition) is 3. The van der Waals surface area contributed by atoms with Gasteiger partial charge in [-0.25, -0.2) is 0 Å². The van der Waals surface area contributed by atoms with Crippen LogP contribution in [0.4, 0.5) is 0 Å². The molecule has 1 atom stereocenters. The lowest BCUT2D eigenvalue weighted by molar-refractivity contribution is -0.121. The average molecular weight is 179 g/mol. The highest BCUT2D eigenvalue weighted by molar-refractivity contribution is 6.18. The molecule has 0 saturated heterocycles. The predicted octanol–water partition coefficient (Wildman–Crippen LogP) is -0.911. The van der Waals surface area contributed by atoms with Gasteiger partial charge >= 0.3 is 0 Å². The number of nitrogens with two attached hydrogens (primary N) is 1. The standard InChI is InChI=1S/C8H9N3O2/c1-3-6-4(8(13)10-3)2-5(12)11-7(6)9/h3H,2H2,1H3,(H,10,13)(H2,9,11,12)/t3-/m0/s1. The van der Waals surface area contributed by atoms with E-state index in [1.54, 1.807) is 0 Å². The van der Waals surface area contributed by atoms with Crippen molar-refractivity contribution < 1.29 is 9.59 Å². The zero-order valence-electron chi connectivity index (χ0n) is 7.13. The second-order valence-electron chi connectivity index (χ2n) is 3.15. The number of rotatable bonds is 0. The van der Waals surface area contributed by atoms with Crippen LogP contribution in [0.5, 0.6) is 0 Å². The molecule has 2 aliphatic heterocycles. The Kier molecular flexibility index (Phi) is 1.48.